The third-order valence-electron chi connectivity index (χ3n) is 2.98. The fourth-order valence-corrected chi connectivity index (χ4v) is 2.50. The number of hydrogen-bond acceptors (Lipinski definition) is 2. The molecule has 0 unspecified atom stereocenters. The second kappa shape index (κ2) is 6.44. The largest absolute Gasteiger partial charge is 0.446 e. The lowest BCUT2D eigenvalue weighted by Crippen LogP contribution is -2.12. The Hall–Kier alpha value is -1.95. The minimum atomic E-state index is -4.33. The van der Waals surface area contributed by atoms with E-state index in [0.29, 0.717) is 11.3 Å². The van der Waals surface area contributed by atoms with Crippen LogP contribution in [-0.2, 0) is 0 Å². The van der Waals surface area contributed by atoms with Crippen LogP contribution in [0.5, 0.6) is 0 Å². The lowest BCUT2D eigenvalue weighted by molar-refractivity contribution is -0.0328. The Morgan fingerprint density at radius 3 is 2.23 bits per heavy atom. The summed E-state index contributed by atoms with van der Waals surface area (Å²) in [6.45, 7) is 3.83. The molecule has 0 radical (unpaired) electrons. The standard InChI is InChI=1S/C16H14F3NOS/c1-10-3-8-14(11(2)9-10)20-15(21)12-4-6-13(7-5-12)22-16(17,18)19/h3-9H,1-2H3,(H,20,21). The summed E-state index contributed by atoms with van der Waals surface area (Å²) >= 11 is -0.203. The molecule has 0 atom stereocenters. The summed E-state index contributed by atoms with van der Waals surface area (Å²) in [7, 11) is 0. The second-order valence-corrected chi connectivity index (χ2v) is 5.98. The average Bonchev–Trinajstić information content (AvgIpc) is 2.41. The smallest absolute Gasteiger partial charge is 0.322 e. The van der Waals surface area contributed by atoms with E-state index in [1.807, 2.05) is 26.0 Å². The van der Waals surface area contributed by atoms with E-state index in [1.54, 1.807) is 6.07 Å². The first-order chi connectivity index (χ1) is 10.2. The fourth-order valence-electron chi connectivity index (χ4n) is 1.96. The lowest BCUT2D eigenvalue weighted by Gasteiger charge is -2.10. The molecule has 2 aromatic rings. The number of aryl methyl sites for hydroxylation is 2. The van der Waals surface area contributed by atoms with E-state index >= 15 is 0 Å². The Morgan fingerprint density at radius 1 is 1.05 bits per heavy atom. The van der Waals surface area contributed by atoms with Crippen LogP contribution in [0.4, 0.5) is 18.9 Å². The van der Waals surface area contributed by atoms with Crippen LogP contribution in [0, 0.1) is 13.8 Å². The molecular weight excluding hydrogens is 311 g/mol. The van der Waals surface area contributed by atoms with Gasteiger partial charge in [0.05, 0.1) is 0 Å². The van der Waals surface area contributed by atoms with Crippen molar-refractivity contribution in [1.29, 1.82) is 0 Å². The summed E-state index contributed by atoms with van der Waals surface area (Å²) in [5, 5.41) is 2.75. The minimum absolute atomic E-state index is 0.0515. The summed E-state index contributed by atoms with van der Waals surface area (Å²) in [5.74, 6) is -0.351. The van der Waals surface area contributed by atoms with Crippen molar-refractivity contribution in [2.45, 2.75) is 24.3 Å². The van der Waals surface area contributed by atoms with Gasteiger partial charge in [0.15, 0.2) is 0 Å². The van der Waals surface area contributed by atoms with E-state index < -0.39 is 5.51 Å². The van der Waals surface area contributed by atoms with Gasteiger partial charge in [-0.3, -0.25) is 4.79 Å². The van der Waals surface area contributed by atoms with Gasteiger partial charge in [0.2, 0.25) is 0 Å². The van der Waals surface area contributed by atoms with E-state index in [9.17, 15) is 18.0 Å². The molecule has 22 heavy (non-hydrogen) atoms. The van der Waals surface area contributed by atoms with E-state index in [2.05, 4.69) is 5.32 Å². The molecule has 0 saturated heterocycles. The summed E-state index contributed by atoms with van der Waals surface area (Å²) < 4.78 is 36.7. The highest BCUT2D eigenvalue weighted by Gasteiger charge is 2.29. The van der Waals surface area contributed by atoms with E-state index in [-0.39, 0.29) is 22.6 Å². The first-order valence-electron chi connectivity index (χ1n) is 6.49. The molecule has 0 aliphatic rings. The highest BCUT2D eigenvalue weighted by atomic mass is 32.2. The molecule has 116 valence electrons. The SMILES string of the molecule is Cc1ccc(NC(=O)c2ccc(SC(F)(F)F)cc2)c(C)c1. The number of nitrogens with one attached hydrogen (secondary N) is 1. The van der Waals surface area contributed by atoms with Gasteiger partial charge in [-0.25, -0.2) is 0 Å². The first kappa shape index (κ1) is 16.4. The monoisotopic (exact) mass is 325 g/mol. The Labute approximate surface area is 130 Å². The zero-order chi connectivity index (χ0) is 16.3. The maximum absolute atomic E-state index is 12.2. The molecule has 0 fully saturated rings. The van der Waals surface area contributed by atoms with Crippen LogP contribution in [0.3, 0.4) is 0 Å². The first-order valence-corrected chi connectivity index (χ1v) is 7.31. The molecule has 0 aromatic heterocycles. The number of carbonyl (C=O) groups is 1. The highest BCUT2D eigenvalue weighted by molar-refractivity contribution is 8.00. The third-order valence-corrected chi connectivity index (χ3v) is 3.72. The number of alkyl halides is 3. The Balaban J connectivity index is 2.10. The molecule has 0 saturated carbocycles. The van der Waals surface area contributed by atoms with Crippen molar-refractivity contribution in [3.05, 3.63) is 59.2 Å². The number of thioether (sulfide) groups is 1. The van der Waals surface area contributed by atoms with Gasteiger partial charge in [-0.15, -0.1) is 0 Å². The molecule has 0 bridgehead atoms. The summed E-state index contributed by atoms with van der Waals surface area (Å²) in [6.07, 6.45) is 0. The molecule has 0 heterocycles. The number of anilines is 1. The zero-order valence-electron chi connectivity index (χ0n) is 12.0. The summed E-state index contributed by atoms with van der Waals surface area (Å²) in [5.41, 5.74) is -1.32. The number of amides is 1. The molecular formula is C16H14F3NOS. The Kier molecular flexibility index (Phi) is 4.81. The predicted octanol–water partition coefficient (Wildman–Crippen LogP) is 5.17. The van der Waals surface area contributed by atoms with Crippen molar-refractivity contribution >= 4 is 23.4 Å². The van der Waals surface area contributed by atoms with Gasteiger partial charge < -0.3 is 5.32 Å². The number of carbonyl (C=O) groups excluding carboxylic acids is 1. The predicted molar refractivity (Wildman–Crippen MR) is 82.2 cm³/mol. The quantitative estimate of drug-likeness (QED) is 0.789. The van der Waals surface area contributed by atoms with Crippen LogP contribution in [0.1, 0.15) is 21.5 Å². The van der Waals surface area contributed by atoms with Crippen LogP contribution >= 0.6 is 11.8 Å². The summed E-state index contributed by atoms with van der Waals surface area (Å²) in [4.78, 5) is 12.2. The maximum Gasteiger partial charge on any atom is 0.446 e. The molecule has 6 heteroatoms. The molecule has 0 aliphatic carbocycles. The van der Waals surface area contributed by atoms with Gasteiger partial charge in [0.25, 0.3) is 5.91 Å². The lowest BCUT2D eigenvalue weighted by atomic mass is 10.1. The molecule has 2 aromatic carbocycles. The van der Waals surface area contributed by atoms with E-state index in [0.717, 1.165) is 11.1 Å². The van der Waals surface area contributed by atoms with Gasteiger partial charge in [0, 0.05) is 16.1 Å². The normalized spacial score (nSPS) is 11.3. The number of halogens is 3. The van der Waals surface area contributed by atoms with Gasteiger partial charge in [-0.2, -0.15) is 13.2 Å². The molecule has 1 N–H and O–H groups in total. The van der Waals surface area contributed by atoms with Gasteiger partial charge in [0.1, 0.15) is 0 Å². The summed E-state index contributed by atoms with van der Waals surface area (Å²) in [6, 6.07) is 11.0. The topological polar surface area (TPSA) is 29.1 Å². The van der Waals surface area contributed by atoms with Gasteiger partial charge in [-0.1, -0.05) is 17.7 Å². The average molecular weight is 325 g/mol. The number of rotatable bonds is 3. The second-order valence-electron chi connectivity index (χ2n) is 4.84. The van der Waals surface area contributed by atoms with E-state index in [1.165, 1.54) is 24.3 Å². The van der Waals surface area contributed by atoms with Crippen LogP contribution in [0.25, 0.3) is 0 Å². The van der Waals surface area contributed by atoms with Gasteiger partial charge in [-0.05, 0) is 61.5 Å². The molecule has 1 amide bonds. The van der Waals surface area contributed by atoms with E-state index in [4.69, 9.17) is 0 Å². The molecule has 0 aliphatic heterocycles. The van der Waals surface area contributed by atoms with Crippen molar-refractivity contribution in [2.24, 2.45) is 0 Å². The van der Waals surface area contributed by atoms with Gasteiger partial charge >= 0.3 is 5.51 Å². The zero-order valence-corrected chi connectivity index (χ0v) is 12.8. The van der Waals surface area contributed by atoms with Crippen molar-refractivity contribution < 1.29 is 18.0 Å². The van der Waals surface area contributed by atoms with Crippen LogP contribution in [0.2, 0.25) is 0 Å². The van der Waals surface area contributed by atoms with Crippen molar-refractivity contribution in [2.75, 3.05) is 5.32 Å². The van der Waals surface area contributed by atoms with Crippen molar-refractivity contribution in [1.82, 2.24) is 0 Å². The maximum atomic E-state index is 12.2. The molecule has 2 rings (SSSR count). The number of hydrogen-bond donors (Lipinski definition) is 1. The molecule has 2 nitrogen and oxygen atoms in total. The molecule has 0 spiro atoms. The van der Waals surface area contributed by atoms with Crippen molar-refractivity contribution in [3.8, 4) is 0 Å². The minimum Gasteiger partial charge on any atom is -0.322 e. The van der Waals surface area contributed by atoms with Crippen molar-refractivity contribution in [3.63, 3.8) is 0 Å². The fraction of sp³-hybridized carbons (Fsp3) is 0.188. The van der Waals surface area contributed by atoms with Crippen LogP contribution in [-0.4, -0.2) is 11.4 Å². The van der Waals surface area contributed by atoms with Crippen LogP contribution in [0.15, 0.2) is 47.4 Å². The Bertz CT molecular complexity index is 681. The van der Waals surface area contributed by atoms with Crippen LogP contribution < -0.4 is 5.32 Å². The third kappa shape index (κ3) is 4.53. The number of benzene rings is 2. The Morgan fingerprint density at radius 2 is 1.68 bits per heavy atom. The highest BCUT2D eigenvalue weighted by Crippen LogP contribution is 2.36.